The van der Waals surface area contributed by atoms with Crippen molar-refractivity contribution in [3.05, 3.63) is 29.6 Å². The minimum Gasteiger partial charge on any atom is -0.487 e. The van der Waals surface area contributed by atoms with E-state index in [1.54, 1.807) is 6.07 Å². The van der Waals surface area contributed by atoms with E-state index in [0.29, 0.717) is 24.3 Å². The second-order valence-corrected chi connectivity index (χ2v) is 5.15. The van der Waals surface area contributed by atoms with E-state index in [-0.39, 0.29) is 5.82 Å². The van der Waals surface area contributed by atoms with E-state index >= 15 is 0 Å². The van der Waals surface area contributed by atoms with Crippen LogP contribution in [-0.4, -0.2) is 23.9 Å². The Balaban J connectivity index is 1.93. The molecule has 1 aromatic carbocycles. The average Bonchev–Trinajstić information content (AvgIpc) is 2.54. The molecule has 1 saturated heterocycles. The summed E-state index contributed by atoms with van der Waals surface area (Å²) in [6, 6.07) is 4.33. The van der Waals surface area contributed by atoms with E-state index in [4.69, 9.17) is 9.47 Å². The Labute approximate surface area is 106 Å². The number of hydrogen-bond acceptors (Lipinski definition) is 3. The van der Waals surface area contributed by atoms with Crippen molar-refractivity contribution in [3.8, 4) is 5.75 Å². The zero-order valence-corrected chi connectivity index (χ0v) is 10.2. The number of halogens is 1. The van der Waals surface area contributed by atoms with Gasteiger partial charge in [0.05, 0.1) is 12.7 Å². The summed E-state index contributed by atoms with van der Waals surface area (Å²) in [5.74, 6) is 0.151. The Morgan fingerprint density at radius 1 is 1.28 bits per heavy atom. The molecule has 0 aromatic heterocycles. The van der Waals surface area contributed by atoms with Gasteiger partial charge in [-0.3, -0.25) is 0 Å². The zero-order chi connectivity index (χ0) is 12.6. The molecule has 1 unspecified atom stereocenters. The van der Waals surface area contributed by atoms with Crippen LogP contribution in [0.25, 0.3) is 0 Å². The van der Waals surface area contributed by atoms with Gasteiger partial charge in [-0.25, -0.2) is 4.39 Å². The van der Waals surface area contributed by atoms with Crippen LogP contribution in [0.15, 0.2) is 18.2 Å². The van der Waals surface area contributed by atoms with Gasteiger partial charge in [0.1, 0.15) is 17.2 Å². The highest BCUT2D eigenvalue weighted by atomic mass is 19.1. The first-order valence-corrected chi connectivity index (χ1v) is 6.43. The van der Waals surface area contributed by atoms with Crippen LogP contribution in [0.1, 0.15) is 37.4 Å². The van der Waals surface area contributed by atoms with Crippen LogP contribution >= 0.6 is 0 Å². The molecule has 1 spiro atoms. The lowest BCUT2D eigenvalue weighted by Crippen LogP contribution is -2.41. The Bertz CT molecular complexity index is 439. The molecular weight excluding hydrogens is 235 g/mol. The molecule has 2 atom stereocenters. The molecule has 3 rings (SSSR count). The summed E-state index contributed by atoms with van der Waals surface area (Å²) in [6.07, 6.45) is 2.50. The lowest BCUT2D eigenvalue weighted by molar-refractivity contribution is -0.0274. The summed E-state index contributed by atoms with van der Waals surface area (Å²) in [6.45, 7) is 1.37. The minimum absolute atomic E-state index is 0.331. The van der Waals surface area contributed by atoms with Crippen molar-refractivity contribution in [1.29, 1.82) is 0 Å². The first kappa shape index (κ1) is 11.9. The molecule has 2 heterocycles. The van der Waals surface area contributed by atoms with E-state index < -0.39 is 11.7 Å². The summed E-state index contributed by atoms with van der Waals surface area (Å²) in [5.41, 5.74) is 0.295. The molecule has 0 aliphatic carbocycles. The molecule has 2 aliphatic rings. The largest absolute Gasteiger partial charge is 0.487 e. The van der Waals surface area contributed by atoms with Crippen molar-refractivity contribution >= 4 is 0 Å². The zero-order valence-electron chi connectivity index (χ0n) is 10.2. The Kier molecular flexibility index (Phi) is 2.99. The van der Waals surface area contributed by atoms with Gasteiger partial charge in [0.15, 0.2) is 0 Å². The van der Waals surface area contributed by atoms with Crippen LogP contribution in [0.5, 0.6) is 5.75 Å². The fourth-order valence-corrected chi connectivity index (χ4v) is 2.90. The normalized spacial score (nSPS) is 31.6. The predicted molar refractivity (Wildman–Crippen MR) is 64.0 cm³/mol. The molecule has 98 valence electrons. The van der Waals surface area contributed by atoms with Crippen molar-refractivity contribution in [1.82, 2.24) is 0 Å². The molecule has 1 N–H and O–H groups in total. The van der Waals surface area contributed by atoms with Crippen LogP contribution < -0.4 is 4.74 Å². The van der Waals surface area contributed by atoms with Crippen molar-refractivity contribution in [2.24, 2.45) is 0 Å². The van der Waals surface area contributed by atoms with E-state index in [9.17, 15) is 9.50 Å². The predicted octanol–water partition coefficient (Wildman–Crippen LogP) is 2.58. The maximum Gasteiger partial charge on any atom is 0.128 e. The van der Waals surface area contributed by atoms with Crippen LogP contribution in [0.4, 0.5) is 4.39 Å². The number of aliphatic hydroxyl groups excluding tert-OH is 1. The monoisotopic (exact) mass is 252 g/mol. The van der Waals surface area contributed by atoms with Gasteiger partial charge in [0, 0.05) is 31.1 Å². The SMILES string of the molecule is O[C@@H]1CC2(CCCOCC2)Oc2cc(F)ccc21. The third kappa shape index (κ3) is 2.10. The summed E-state index contributed by atoms with van der Waals surface area (Å²) in [5, 5.41) is 10.2. The third-order valence-electron chi connectivity index (χ3n) is 3.85. The highest BCUT2D eigenvalue weighted by molar-refractivity contribution is 5.38. The Hall–Kier alpha value is -1.13. The second-order valence-electron chi connectivity index (χ2n) is 5.15. The van der Waals surface area contributed by atoms with Gasteiger partial charge in [-0.1, -0.05) is 0 Å². The molecule has 18 heavy (non-hydrogen) atoms. The third-order valence-corrected chi connectivity index (χ3v) is 3.85. The molecule has 0 amide bonds. The van der Waals surface area contributed by atoms with Crippen molar-refractivity contribution < 1.29 is 19.0 Å². The number of benzene rings is 1. The van der Waals surface area contributed by atoms with Crippen LogP contribution in [0, 0.1) is 5.82 Å². The summed E-state index contributed by atoms with van der Waals surface area (Å²) in [4.78, 5) is 0. The molecule has 4 heteroatoms. The molecule has 0 radical (unpaired) electrons. The number of ether oxygens (including phenoxy) is 2. The molecule has 1 aromatic rings. The highest BCUT2D eigenvalue weighted by Crippen LogP contribution is 2.44. The fourth-order valence-electron chi connectivity index (χ4n) is 2.90. The average molecular weight is 252 g/mol. The van der Waals surface area contributed by atoms with Gasteiger partial charge in [0.2, 0.25) is 0 Å². The Morgan fingerprint density at radius 2 is 2.17 bits per heavy atom. The summed E-state index contributed by atoms with van der Waals surface area (Å²) in [7, 11) is 0. The van der Waals surface area contributed by atoms with E-state index in [0.717, 1.165) is 25.9 Å². The minimum atomic E-state index is -0.576. The van der Waals surface area contributed by atoms with E-state index in [1.165, 1.54) is 12.1 Å². The molecule has 2 aliphatic heterocycles. The standard InChI is InChI=1S/C14H17FO3/c15-10-2-3-11-12(16)9-14(18-13(11)8-10)4-1-6-17-7-5-14/h2-3,8,12,16H,1,4-7,9H2/t12-,14?/m1/s1. The van der Waals surface area contributed by atoms with Gasteiger partial charge in [-0.2, -0.15) is 0 Å². The van der Waals surface area contributed by atoms with Gasteiger partial charge >= 0.3 is 0 Å². The second kappa shape index (κ2) is 4.52. The van der Waals surface area contributed by atoms with Crippen molar-refractivity contribution in [3.63, 3.8) is 0 Å². The van der Waals surface area contributed by atoms with Gasteiger partial charge in [-0.05, 0) is 25.0 Å². The Morgan fingerprint density at radius 3 is 3.06 bits per heavy atom. The van der Waals surface area contributed by atoms with Crippen LogP contribution in [0.2, 0.25) is 0 Å². The number of rotatable bonds is 0. The van der Waals surface area contributed by atoms with Gasteiger partial charge in [0.25, 0.3) is 0 Å². The summed E-state index contributed by atoms with van der Waals surface area (Å²) < 4.78 is 24.7. The lowest BCUT2D eigenvalue weighted by Gasteiger charge is -2.40. The van der Waals surface area contributed by atoms with Crippen molar-refractivity contribution in [2.45, 2.75) is 37.4 Å². The molecule has 3 nitrogen and oxygen atoms in total. The smallest absolute Gasteiger partial charge is 0.128 e. The maximum absolute atomic E-state index is 13.3. The van der Waals surface area contributed by atoms with Gasteiger partial charge < -0.3 is 14.6 Å². The first-order valence-electron chi connectivity index (χ1n) is 6.43. The summed E-state index contributed by atoms with van der Waals surface area (Å²) >= 11 is 0. The van der Waals surface area contributed by atoms with Crippen molar-refractivity contribution in [2.75, 3.05) is 13.2 Å². The molecular formula is C14H17FO3. The van der Waals surface area contributed by atoms with Crippen LogP contribution in [0.3, 0.4) is 0 Å². The van der Waals surface area contributed by atoms with Crippen LogP contribution in [-0.2, 0) is 4.74 Å². The van der Waals surface area contributed by atoms with Gasteiger partial charge in [-0.15, -0.1) is 0 Å². The first-order chi connectivity index (χ1) is 8.69. The molecule has 1 fully saturated rings. The number of aliphatic hydroxyl groups is 1. The highest BCUT2D eigenvalue weighted by Gasteiger charge is 2.40. The van der Waals surface area contributed by atoms with E-state index in [2.05, 4.69) is 0 Å². The number of fused-ring (bicyclic) bond motifs is 1. The quantitative estimate of drug-likeness (QED) is 0.771. The molecule has 0 bridgehead atoms. The number of hydrogen-bond donors (Lipinski definition) is 1. The van der Waals surface area contributed by atoms with E-state index in [1.807, 2.05) is 0 Å². The molecule has 0 saturated carbocycles. The maximum atomic E-state index is 13.3. The fraction of sp³-hybridized carbons (Fsp3) is 0.571. The topological polar surface area (TPSA) is 38.7 Å². The lowest BCUT2D eigenvalue weighted by atomic mass is 9.83.